The van der Waals surface area contributed by atoms with Gasteiger partial charge in [-0.15, -0.1) is 0 Å². The number of nitrogens with zero attached hydrogens (tertiary/aromatic N) is 1. The summed E-state index contributed by atoms with van der Waals surface area (Å²) >= 11 is 0. The van der Waals surface area contributed by atoms with E-state index in [1.165, 1.54) is 6.07 Å². The number of likely N-dealkylation sites (N-methyl/N-ethyl adjacent to an activating group) is 1. The molecule has 0 bridgehead atoms. The van der Waals surface area contributed by atoms with Gasteiger partial charge in [0.05, 0.1) is 12.0 Å². The van der Waals surface area contributed by atoms with Gasteiger partial charge in [-0.2, -0.15) is 0 Å². The fourth-order valence-corrected chi connectivity index (χ4v) is 3.46. The van der Waals surface area contributed by atoms with E-state index in [9.17, 15) is 8.42 Å². The summed E-state index contributed by atoms with van der Waals surface area (Å²) in [6, 6.07) is 12.0. The fourth-order valence-electron chi connectivity index (χ4n) is 2.31. The van der Waals surface area contributed by atoms with Gasteiger partial charge in [0.1, 0.15) is 5.75 Å². The van der Waals surface area contributed by atoms with Crippen LogP contribution in [0.3, 0.4) is 0 Å². The second-order valence-electron chi connectivity index (χ2n) is 6.04. The molecule has 25 heavy (non-hydrogen) atoms. The number of sulfonamides is 1. The van der Waals surface area contributed by atoms with Crippen molar-refractivity contribution in [1.29, 1.82) is 0 Å². The summed E-state index contributed by atoms with van der Waals surface area (Å²) < 4.78 is 32.8. The van der Waals surface area contributed by atoms with Crippen molar-refractivity contribution in [3.05, 3.63) is 48.0 Å². The predicted molar refractivity (Wildman–Crippen MR) is 102 cm³/mol. The van der Waals surface area contributed by atoms with Crippen molar-refractivity contribution in [3.63, 3.8) is 0 Å². The molecule has 0 saturated carbocycles. The van der Waals surface area contributed by atoms with Gasteiger partial charge in [-0.1, -0.05) is 0 Å². The first-order chi connectivity index (χ1) is 11.8. The molecule has 0 radical (unpaired) electrons. The molecule has 0 aliphatic carbocycles. The smallest absolute Gasteiger partial charge is 0.261 e. The molecule has 0 heterocycles. The summed E-state index contributed by atoms with van der Waals surface area (Å²) in [6.45, 7) is 3.56. The first kappa shape index (κ1) is 19.1. The van der Waals surface area contributed by atoms with Crippen LogP contribution in [0.5, 0.6) is 5.75 Å². The molecule has 2 aromatic carbocycles. The molecule has 136 valence electrons. The van der Waals surface area contributed by atoms with Gasteiger partial charge in [-0.05, 0) is 69.0 Å². The summed E-state index contributed by atoms with van der Waals surface area (Å²) in [5, 5.41) is 3.29. The van der Waals surface area contributed by atoms with Gasteiger partial charge in [0.25, 0.3) is 10.0 Å². The highest BCUT2D eigenvalue weighted by Crippen LogP contribution is 2.23. The third-order valence-electron chi connectivity index (χ3n) is 3.70. The molecule has 0 unspecified atom stereocenters. The maximum atomic E-state index is 12.5. The Morgan fingerprint density at radius 2 is 1.68 bits per heavy atom. The van der Waals surface area contributed by atoms with E-state index in [-0.39, 0.29) is 4.90 Å². The molecule has 7 heteroatoms. The number of methoxy groups -OCH3 is 1. The van der Waals surface area contributed by atoms with Crippen LogP contribution in [0.15, 0.2) is 47.4 Å². The normalized spacial score (nSPS) is 11.4. The van der Waals surface area contributed by atoms with E-state index in [1.54, 1.807) is 31.4 Å². The molecular formula is C18H25N3O3S. The van der Waals surface area contributed by atoms with E-state index in [2.05, 4.69) is 14.9 Å². The Kier molecular flexibility index (Phi) is 6.27. The van der Waals surface area contributed by atoms with Gasteiger partial charge < -0.3 is 15.0 Å². The Labute approximate surface area is 149 Å². The van der Waals surface area contributed by atoms with Gasteiger partial charge in [0.2, 0.25) is 0 Å². The van der Waals surface area contributed by atoms with Crippen LogP contribution < -0.4 is 14.8 Å². The van der Waals surface area contributed by atoms with E-state index < -0.39 is 10.0 Å². The van der Waals surface area contributed by atoms with Gasteiger partial charge in [0, 0.05) is 24.5 Å². The van der Waals surface area contributed by atoms with Gasteiger partial charge in [0.15, 0.2) is 0 Å². The molecular weight excluding hydrogens is 338 g/mol. The van der Waals surface area contributed by atoms with Gasteiger partial charge in [-0.3, -0.25) is 4.72 Å². The number of aryl methyl sites for hydroxylation is 1. The van der Waals surface area contributed by atoms with E-state index in [0.29, 0.717) is 11.4 Å². The highest BCUT2D eigenvalue weighted by atomic mass is 32.2. The summed E-state index contributed by atoms with van der Waals surface area (Å²) in [7, 11) is 1.95. The SMILES string of the molecule is COc1ccc(S(=O)(=O)Nc2ccc(NCCN(C)C)cc2)cc1C. The van der Waals surface area contributed by atoms with Crippen molar-refractivity contribution in [2.75, 3.05) is 44.3 Å². The average Bonchev–Trinajstić information content (AvgIpc) is 2.56. The molecule has 0 aliphatic heterocycles. The van der Waals surface area contributed by atoms with Crippen molar-refractivity contribution < 1.29 is 13.2 Å². The molecule has 0 amide bonds. The van der Waals surface area contributed by atoms with Crippen molar-refractivity contribution in [2.45, 2.75) is 11.8 Å². The topological polar surface area (TPSA) is 70.7 Å². The fraction of sp³-hybridized carbons (Fsp3) is 0.333. The minimum absolute atomic E-state index is 0.207. The number of benzene rings is 2. The molecule has 0 atom stereocenters. The average molecular weight is 363 g/mol. The van der Waals surface area contributed by atoms with Crippen LogP contribution in [0.4, 0.5) is 11.4 Å². The highest BCUT2D eigenvalue weighted by molar-refractivity contribution is 7.92. The number of hydrogen-bond acceptors (Lipinski definition) is 5. The minimum Gasteiger partial charge on any atom is -0.496 e. The number of nitrogens with one attached hydrogen (secondary N) is 2. The lowest BCUT2D eigenvalue weighted by Gasteiger charge is -2.13. The Hall–Kier alpha value is -2.25. The molecule has 6 nitrogen and oxygen atoms in total. The molecule has 0 aromatic heterocycles. The van der Waals surface area contributed by atoms with E-state index >= 15 is 0 Å². The molecule has 0 fully saturated rings. The largest absolute Gasteiger partial charge is 0.496 e. The summed E-state index contributed by atoms with van der Waals surface area (Å²) in [5.74, 6) is 0.659. The third-order valence-corrected chi connectivity index (χ3v) is 5.08. The first-order valence-electron chi connectivity index (χ1n) is 7.98. The van der Waals surface area contributed by atoms with E-state index in [1.807, 2.05) is 33.2 Å². The first-order valence-corrected chi connectivity index (χ1v) is 9.46. The standard InChI is InChI=1S/C18H25N3O3S/c1-14-13-17(9-10-18(14)24-4)25(22,23)20-16-7-5-15(6-8-16)19-11-12-21(2)3/h5-10,13,19-20H,11-12H2,1-4H3. The summed E-state index contributed by atoms with van der Waals surface area (Å²) in [5.41, 5.74) is 2.24. The lowest BCUT2D eigenvalue weighted by Crippen LogP contribution is -2.20. The van der Waals surface area contributed by atoms with Crippen LogP contribution in [-0.2, 0) is 10.0 Å². The van der Waals surface area contributed by atoms with Crippen molar-refractivity contribution in [3.8, 4) is 5.75 Å². The molecule has 2 aromatic rings. The Bertz CT molecular complexity index is 803. The summed E-state index contributed by atoms with van der Waals surface area (Å²) in [6.07, 6.45) is 0. The van der Waals surface area contributed by atoms with Crippen molar-refractivity contribution in [1.82, 2.24) is 4.90 Å². The highest BCUT2D eigenvalue weighted by Gasteiger charge is 2.15. The van der Waals surface area contributed by atoms with E-state index in [0.717, 1.165) is 24.3 Å². The van der Waals surface area contributed by atoms with Gasteiger partial charge >= 0.3 is 0 Å². The number of anilines is 2. The molecule has 2 N–H and O–H groups in total. The quantitative estimate of drug-likeness (QED) is 0.755. The lowest BCUT2D eigenvalue weighted by molar-refractivity contribution is 0.411. The third kappa shape index (κ3) is 5.37. The predicted octanol–water partition coefficient (Wildman–Crippen LogP) is 2.78. The Morgan fingerprint density at radius 1 is 1.04 bits per heavy atom. The van der Waals surface area contributed by atoms with Crippen molar-refractivity contribution in [2.24, 2.45) is 0 Å². The Balaban J connectivity index is 2.06. The number of ether oxygens (including phenoxy) is 1. The van der Waals surface area contributed by atoms with Gasteiger partial charge in [-0.25, -0.2) is 8.42 Å². The van der Waals surface area contributed by atoms with Crippen LogP contribution in [0, 0.1) is 6.92 Å². The second kappa shape index (κ2) is 8.22. The van der Waals surface area contributed by atoms with Crippen LogP contribution >= 0.6 is 0 Å². The zero-order chi connectivity index (χ0) is 18.4. The molecule has 0 saturated heterocycles. The number of rotatable bonds is 8. The van der Waals surface area contributed by atoms with Crippen LogP contribution in [0.25, 0.3) is 0 Å². The molecule has 0 spiro atoms. The molecule has 2 rings (SSSR count). The van der Waals surface area contributed by atoms with Crippen LogP contribution in [-0.4, -0.2) is 47.6 Å². The van der Waals surface area contributed by atoms with Crippen molar-refractivity contribution >= 4 is 21.4 Å². The monoisotopic (exact) mass is 363 g/mol. The molecule has 0 aliphatic rings. The lowest BCUT2D eigenvalue weighted by atomic mass is 10.2. The Morgan fingerprint density at radius 3 is 2.24 bits per heavy atom. The minimum atomic E-state index is -3.63. The maximum Gasteiger partial charge on any atom is 0.261 e. The van der Waals surface area contributed by atoms with Crippen LogP contribution in [0.1, 0.15) is 5.56 Å². The second-order valence-corrected chi connectivity index (χ2v) is 7.73. The zero-order valence-electron chi connectivity index (χ0n) is 15.0. The van der Waals surface area contributed by atoms with E-state index in [4.69, 9.17) is 4.74 Å². The van der Waals surface area contributed by atoms with Crippen LogP contribution in [0.2, 0.25) is 0 Å². The summed E-state index contributed by atoms with van der Waals surface area (Å²) in [4.78, 5) is 2.30. The number of hydrogen-bond donors (Lipinski definition) is 2. The maximum absolute atomic E-state index is 12.5. The zero-order valence-corrected chi connectivity index (χ0v) is 15.9.